The molecule has 176 valence electrons. The van der Waals surface area contributed by atoms with E-state index in [1.165, 1.54) is 25.0 Å². The monoisotopic (exact) mass is 568 g/mol. The van der Waals surface area contributed by atoms with Crippen LogP contribution in [0.15, 0.2) is 22.4 Å². The molecule has 0 spiro atoms. The molecular formula is C24H34Br2N4O2. The van der Waals surface area contributed by atoms with Crippen LogP contribution in [0.3, 0.4) is 0 Å². The van der Waals surface area contributed by atoms with E-state index in [9.17, 15) is 9.59 Å². The lowest BCUT2D eigenvalue weighted by atomic mass is 9.70. The topological polar surface area (TPSA) is 82.9 Å². The van der Waals surface area contributed by atoms with Gasteiger partial charge in [-0.05, 0) is 48.3 Å². The first kappa shape index (κ1) is 24.1. The van der Waals surface area contributed by atoms with Crippen molar-refractivity contribution in [3.8, 4) is 0 Å². The molecule has 6 unspecified atom stereocenters. The second kappa shape index (κ2) is 7.76. The lowest BCUT2D eigenvalue weighted by molar-refractivity contribution is -0.118. The van der Waals surface area contributed by atoms with Gasteiger partial charge in [0.1, 0.15) is 0 Å². The molecule has 4 aliphatic carbocycles. The molecule has 32 heavy (non-hydrogen) atoms. The Hall–Kier alpha value is -1.02. The van der Waals surface area contributed by atoms with Crippen LogP contribution in [0.4, 0.5) is 0 Å². The fourth-order valence-electron chi connectivity index (χ4n) is 6.83. The molecule has 4 aliphatic rings. The van der Waals surface area contributed by atoms with Crippen molar-refractivity contribution in [3.05, 3.63) is 12.2 Å². The van der Waals surface area contributed by atoms with Crippen LogP contribution >= 0.6 is 31.9 Å². The molecule has 0 heterocycles. The van der Waals surface area contributed by atoms with E-state index in [-0.39, 0.29) is 31.3 Å². The lowest BCUT2D eigenvalue weighted by Crippen LogP contribution is -2.36. The maximum absolute atomic E-state index is 12.3. The predicted molar refractivity (Wildman–Crippen MR) is 135 cm³/mol. The molecule has 4 bridgehead atoms. The third-order valence-corrected chi connectivity index (χ3v) is 12.1. The molecule has 4 saturated carbocycles. The second-order valence-electron chi connectivity index (χ2n) is 11.5. The number of hydrogen-bond acceptors (Lipinski definition) is 4. The summed E-state index contributed by atoms with van der Waals surface area (Å²) >= 11 is 7.57. The second-order valence-corrected chi connectivity index (χ2v) is 13.5. The van der Waals surface area contributed by atoms with Gasteiger partial charge in [-0.15, -0.1) is 0 Å². The van der Waals surface area contributed by atoms with Gasteiger partial charge in [0.25, 0.3) is 11.8 Å². The van der Waals surface area contributed by atoms with Crippen molar-refractivity contribution >= 4 is 55.1 Å². The summed E-state index contributed by atoms with van der Waals surface area (Å²) in [6, 6.07) is 0. The molecule has 0 aromatic rings. The van der Waals surface area contributed by atoms with Crippen molar-refractivity contribution in [1.82, 2.24) is 10.9 Å². The van der Waals surface area contributed by atoms with Crippen LogP contribution in [0.5, 0.6) is 0 Å². The van der Waals surface area contributed by atoms with E-state index in [4.69, 9.17) is 0 Å². The number of fused-ring (bicyclic) bond motifs is 4. The average molecular weight is 570 g/mol. The van der Waals surface area contributed by atoms with Crippen LogP contribution in [-0.2, 0) is 9.59 Å². The van der Waals surface area contributed by atoms with Gasteiger partial charge in [0.05, 0.1) is 21.1 Å². The average Bonchev–Trinajstić information content (AvgIpc) is 3.19. The fraction of sp³-hybridized carbons (Fsp3) is 0.750. The van der Waals surface area contributed by atoms with E-state index >= 15 is 0 Å². The van der Waals surface area contributed by atoms with Crippen molar-refractivity contribution in [3.63, 3.8) is 0 Å². The molecule has 6 nitrogen and oxygen atoms in total. The van der Waals surface area contributed by atoms with Crippen molar-refractivity contribution in [2.45, 2.75) is 76.9 Å². The minimum absolute atomic E-state index is 0.0346. The maximum atomic E-state index is 12.3. The number of amides is 2. The van der Waals surface area contributed by atoms with Crippen molar-refractivity contribution < 1.29 is 9.59 Å². The van der Waals surface area contributed by atoms with Crippen molar-refractivity contribution in [2.24, 2.45) is 43.7 Å². The quantitative estimate of drug-likeness (QED) is 0.286. The summed E-state index contributed by atoms with van der Waals surface area (Å²) in [5.41, 5.74) is 7.41. The molecule has 0 saturated heterocycles. The number of nitrogens with one attached hydrogen (secondary N) is 2. The number of hydrazone groups is 2. The third-order valence-electron chi connectivity index (χ3n) is 9.93. The first-order valence-electron chi connectivity index (χ1n) is 11.5. The largest absolute Gasteiger partial charge is 0.268 e. The number of halogens is 2. The van der Waals surface area contributed by atoms with Crippen LogP contribution in [0.1, 0.15) is 67.2 Å². The van der Waals surface area contributed by atoms with Gasteiger partial charge in [-0.3, -0.25) is 9.59 Å². The smallest absolute Gasteiger partial charge is 0.264 e. The third kappa shape index (κ3) is 3.22. The van der Waals surface area contributed by atoms with Gasteiger partial charge in [0.2, 0.25) is 0 Å². The molecule has 0 aromatic heterocycles. The van der Waals surface area contributed by atoms with Crippen LogP contribution in [-0.4, -0.2) is 32.9 Å². The molecule has 0 aromatic carbocycles. The SMILES string of the molecule is CC12CCC(C(Br)C1=NNC(=O)/C=C/C(=O)N/N=C1/C(Br)C3CCC1(C)C3(C)C)C2(C)C. The Bertz CT molecular complexity index is 866. The van der Waals surface area contributed by atoms with Crippen molar-refractivity contribution in [1.29, 1.82) is 0 Å². The normalized spacial score (nSPS) is 43.5. The standard InChI is InChI=1S/C24H34Br2N4O2/c1-21(2)13-9-11-23(21,5)19(17(13)25)29-27-15(31)7-8-16(32)28-30-20-18(26)14-10-12-24(20,6)22(14,3)4/h7-8,13-14,17-18H,9-12H2,1-6H3,(H,27,31)(H,28,32)/b8-7+,29-19-,30-20?. The molecular weight excluding hydrogens is 536 g/mol. The number of hydrogen-bond donors (Lipinski definition) is 2. The van der Waals surface area contributed by atoms with Crippen molar-refractivity contribution in [2.75, 3.05) is 0 Å². The van der Waals surface area contributed by atoms with Gasteiger partial charge >= 0.3 is 0 Å². The van der Waals surface area contributed by atoms with Crippen LogP contribution in [0.25, 0.3) is 0 Å². The summed E-state index contributed by atoms with van der Waals surface area (Å²) in [4.78, 5) is 24.9. The molecule has 0 aliphatic heterocycles. The molecule has 4 rings (SSSR count). The van der Waals surface area contributed by atoms with Gasteiger partial charge in [0, 0.05) is 23.0 Å². The summed E-state index contributed by atoms with van der Waals surface area (Å²) in [5.74, 6) is 0.185. The first-order chi connectivity index (χ1) is 14.8. The van der Waals surface area contributed by atoms with E-state index in [0.29, 0.717) is 11.8 Å². The molecule has 2 N–H and O–H groups in total. The summed E-state index contributed by atoms with van der Waals surface area (Å²) in [6.45, 7) is 13.6. The van der Waals surface area contributed by atoms with E-state index in [1.54, 1.807) is 0 Å². The zero-order chi connectivity index (χ0) is 23.7. The zero-order valence-electron chi connectivity index (χ0n) is 19.8. The van der Waals surface area contributed by atoms with E-state index in [1.807, 2.05) is 0 Å². The Labute approximate surface area is 207 Å². The molecule has 6 atom stereocenters. The highest BCUT2D eigenvalue weighted by atomic mass is 79.9. The van der Waals surface area contributed by atoms with Crippen LogP contribution in [0.2, 0.25) is 0 Å². The fourth-order valence-corrected chi connectivity index (χ4v) is 9.90. The number of alkyl halides is 2. The van der Waals surface area contributed by atoms with E-state index < -0.39 is 11.8 Å². The van der Waals surface area contributed by atoms with E-state index in [2.05, 4.69) is 94.5 Å². The number of rotatable bonds is 4. The Morgan fingerprint density at radius 3 is 1.41 bits per heavy atom. The van der Waals surface area contributed by atoms with Crippen LogP contribution < -0.4 is 10.9 Å². The Morgan fingerprint density at radius 2 is 1.12 bits per heavy atom. The number of carbonyl (C=O) groups excluding carboxylic acids is 2. The van der Waals surface area contributed by atoms with Crippen LogP contribution in [0, 0.1) is 33.5 Å². The molecule has 4 fully saturated rings. The summed E-state index contributed by atoms with van der Waals surface area (Å²) in [5, 5.41) is 8.91. The first-order valence-corrected chi connectivity index (χ1v) is 13.3. The highest BCUT2D eigenvalue weighted by Gasteiger charge is 2.65. The van der Waals surface area contributed by atoms with Gasteiger partial charge in [-0.25, -0.2) is 10.9 Å². The highest BCUT2D eigenvalue weighted by Crippen LogP contribution is 2.66. The predicted octanol–water partition coefficient (Wildman–Crippen LogP) is 4.93. The Kier molecular flexibility index (Phi) is 5.84. The lowest BCUT2D eigenvalue weighted by Gasteiger charge is -2.34. The summed E-state index contributed by atoms with van der Waals surface area (Å²) in [7, 11) is 0. The van der Waals surface area contributed by atoms with E-state index in [0.717, 1.165) is 24.3 Å². The maximum Gasteiger partial charge on any atom is 0.264 e. The van der Waals surface area contributed by atoms with Gasteiger partial charge in [0.15, 0.2) is 0 Å². The highest BCUT2D eigenvalue weighted by molar-refractivity contribution is 9.10. The minimum atomic E-state index is -0.421. The molecule has 8 heteroatoms. The van der Waals surface area contributed by atoms with Gasteiger partial charge in [-0.2, -0.15) is 10.2 Å². The summed E-state index contributed by atoms with van der Waals surface area (Å²) < 4.78 is 0. The zero-order valence-corrected chi connectivity index (χ0v) is 22.9. The number of nitrogens with zero attached hydrogens (tertiary/aromatic N) is 2. The molecule has 0 radical (unpaired) electrons. The minimum Gasteiger partial charge on any atom is -0.268 e. The summed E-state index contributed by atoms with van der Waals surface area (Å²) in [6.07, 6.45) is 6.90. The molecule has 2 amide bonds. The number of carbonyl (C=O) groups is 2. The Morgan fingerprint density at radius 1 is 0.781 bits per heavy atom. The Balaban J connectivity index is 1.37. The van der Waals surface area contributed by atoms with Gasteiger partial charge in [-0.1, -0.05) is 73.4 Å². The van der Waals surface area contributed by atoms with Gasteiger partial charge < -0.3 is 0 Å².